The lowest BCUT2D eigenvalue weighted by atomic mass is 9.92. The van der Waals surface area contributed by atoms with Gasteiger partial charge < -0.3 is 14.8 Å². The lowest BCUT2D eigenvalue weighted by molar-refractivity contribution is -0.384. The number of benzene rings is 2. The van der Waals surface area contributed by atoms with E-state index in [0.29, 0.717) is 11.3 Å². The monoisotopic (exact) mass is 413 g/mol. The van der Waals surface area contributed by atoms with E-state index >= 15 is 0 Å². The molecule has 1 aliphatic heterocycles. The number of ether oxygens (including phenoxy) is 2. The number of carbonyl (C=O) groups excluding carboxylic acids is 3. The fourth-order valence-electron chi connectivity index (χ4n) is 3.21. The number of nitrogens with one attached hydrogen (secondary N) is 1. The first-order chi connectivity index (χ1) is 14.2. The third-order valence-electron chi connectivity index (χ3n) is 4.94. The second kappa shape index (κ2) is 7.82. The second-order valence-electron chi connectivity index (χ2n) is 6.74. The topological polar surface area (TPSA) is 128 Å². The molecule has 1 aliphatic rings. The number of imide groups is 1. The molecule has 10 heteroatoms. The maximum atomic E-state index is 13.0. The molecular weight excluding hydrogens is 394 g/mol. The summed E-state index contributed by atoms with van der Waals surface area (Å²) in [5.41, 5.74) is -1.07. The average Bonchev–Trinajstić information content (AvgIpc) is 2.97. The summed E-state index contributed by atoms with van der Waals surface area (Å²) in [7, 11) is 2.85. The molecule has 1 atom stereocenters. The number of nitro benzene ring substituents is 1. The minimum atomic E-state index is -1.45. The molecule has 3 amide bonds. The first kappa shape index (κ1) is 20.8. The van der Waals surface area contributed by atoms with E-state index in [2.05, 4.69) is 5.32 Å². The van der Waals surface area contributed by atoms with E-state index in [4.69, 9.17) is 9.47 Å². The van der Waals surface area contributed by atoms with E-state index in [0.717, 1.165) is 4.90 Å². The number of urea groups is 1. The SMILES string of the molecule is COc1ccc(OC)c(C(=O)CN2C(=O)N[C@](C)(c3ccc([N+](=O)[O-])cc3)C2=O)c1. The Labute approximate surface area is 171 Å². The standard InChI is InChI=1S/C20H19N3O7/c1-20(12-4-6-13(7-5-12)23(27)28)18(25)22(19(26)21-20)11-16(24)15-10-14(29-2)8-9-17(15)30-3/h4-10H,11H2,1-3H3,(H,21,26)/t20-/m1/s1. The van der Waals surface area contributed by atoms with Crippen molar-refractivity contribution in [1.29, 1.82) is 0 Å². The molecule has 0 radical (unpaired) electrons. The number of ketones is 1. The first-order valence-electron chi connectivity index (χ1n) is 8.85. The third kappa shape index (κ3) is 3.54. The lowest BCUT2D eigenvalue weighted by Gasteiger charge is -2.22. The normalized spacial score (nSPS) is 18.2. The van der Waals surface area contributed by atoms with Gasteiger partial charge >= 0.3 is 6.03 Å². The number of hydrogen-bond donors (Lipinski definition) is 1. The minimum Gasteiger partial charge on any atom is -0.497 e. The molecule has 2 aromatic carbocycles. The number of rotatable bonds is 7. The van der Waals surface area contributed by atoms with Crippen LogP contribution in [0.25, 0.3) is 0 Å². The second-order valence-corrected chi connectivity index (χ2v) is 6.74. The fourth-order valence-corrected chi connectivity index (χ4v) is 3.21. The van der Waals surface area contributed by atoms with Crippen LogP contribution in [0.5, 0.6) is 11.5 Å². The number of nitro groups is 1. The van der Waals surface area contributed by atoms with Crippen molar-refractivity contribution in [3.63, 3.8) is 0 Å². The Morgan fingerprint density at radius 1 is 1.13 bits per heavy atom. The summed E-state index contributed by atoms with van der Waals surface area (Å²) in [6.07, 6.45) is 0. The first-order valence-corrected chi connectivity index (χ1v) is 8.85. The summed E-state index contributed by atoms with van der Waals surface area (Å²) in [5, 5.41) is 13.4. The molecule has 3 rings (SSSR count). The molecular formula is C20H19N3O7. The lowest BCUT2D eigenvalue weighted by Crippen LogP contribution is -2.41. The number of Topliss-reactive ketones (excluding diaryl/α,β-unsaturated/α-hetero) is 1. The van der Waals surface area contributed by atoms with Gasteiger partial charge in [-0.2, -0.15) is 0 Å². The van der Waals surface area contributed by atoms with Crippen LogP contribution in [0.4, 0.5) is 10.5 Å². The van der Waals surface area contributed by atoms with Crippen LogP contribution in [0.3, 0.4) is 0 Å². The molecule has 0 aliphatic carbocycles. The molecule has 2 aromatic rings. The molecule has 1 N–H and O–H groups in total. The number of nitrogens with zero attached hydrogens (tertiary/aromatic N) is 2. The zero-order valence-corrected chi connectivity index (χ0v) is 16.5. The Hall–Kier alpha value is -3.95. The van der Waals surface area contributed by atoms with Crippen LogP contribution < -0.4 is 14.8 Å². The van der Waals surface area contributed by atoms with Crippen LogP contribution in [0, 0.1) is 10.1 Å². The number of non-ortho nitro benzene ring substituents is 1. The highest BCUT2D eigenvalue weighted by Crippen LogP contribution is 2.31. The maximum Gasteiger partial charge on any atom is 0.325 e. The van der Waals surface area contributed by atoms with Gasteiger partial charge in [0.15, 0.2) is 5.78 Å². The molecule has 156 valence electrons. The van der Waals surface area contributed by atoms with Crippen LogP contribution in [0.15, 0.2) is 42.5 Å². The Morgan fingerprint density at radius 3 is 2.37 bits per heavy atom. The van der Waals surface area contributed by atoms with Gasteiger partial charge in [0.1, 0.15) is 17.0 Å². The van der Waals surface area contributed by atoms with Crippen molar-refractivity contribution in [1.82, 2.24) is 10.2 Å². The predicted molar refractivity (Wildman–Crippen MR) is 105 cm³/mol. The summed E-state index contributed by atoms with van der Waals surface area (Å²) >= 11 is 0. The van der Waals surface area contributed by atoms with Gasteiger partial charge in [-0.05, 0) is 42.8 Å². The Morgan fingerprint density at radius 2 is 1.80 bits per heavy atom. The van der Waals surface area contributed by atoms with Gasteiger partial charge in [0.05, 0.1) is 31.3 Å². The van der Waals surface area contributed by atoms with Crippen molar-refractivity contribution >= 4 is 23.4 Å². The van der Waals surface area contributed by atoms with Crippen molar-refractivity contribution < 1.29 is 28.8 Å². The molecule has 0 bridgehead atoms. The van der Waals surface area contributed by atoms with Gasteiger partial charge in [-0.15, -0.1) is 0 Å². The molecule has 30 heavy (non-hydrogen) atoms. The quantitative estimate of drug-likeness (QED) is 0.319. The Balaban J connectivity index is 1.86. The van der Waals surface area contributed by atoms with Crippen molar-refractivity contribution in [3.8, 4) is 11.5 Å². The molecule has 0 spiro atoms. The summed E-state index contributed by atoms with van der Waals surface area (Å²) in [6.45, 7) is 0.974. The summed E-state index contributed by atoms with van der Waals surface area (Å²) in [6, 6.07) is 9.18. The number of amides is 3. The predicted octanol–water partition coefficient (Wildman–Crippen LogP) is 2.26. The minimum absolute atomic E-state index is 0.142. The largest absolute Gasteiger partial charge is 0.497 e. The molecule has 1 saturated heterocycles. The summed E-state index contributed by atoms with van der Waals surface area (Å²) in [5.74, 6) is -0.447. The Kier molecular flexibility index (Phi) is 5.41. The van der Waals surface area contributed by atoms with Crippen molar-refractivity contribution in [3.05, 3.63) is 63.7 Å². The van der Waals surface area contributed by atoms with Crippen LogP contribution in [-0.2, 0) is 10.3 Å². The molecule has 0 aromatic heterocycles. The van der Waals surface area contributed by atoms with E-state index in [1.165, 1.54) is 51.5 Å². The molecule has 0 saturated carbocycles. The van der Waals surface area contributed by atoms with Gasteiger partial charge in [-0.1, -0.05) is 0 Å². The zero-order valence-electron chi connectivity index (χ0n) is 16.5. The number of carbonyl (C=O) groups is 3. The highest BCUT2D eigenvalue weighted by Gasteiger charge is 2.49. The van der Waals surface area contributed by atoms with Gasteiger partial charge in [-0.3, -0.25) is 24.6 Å². The van der Waals surface area contributed by atoms with Gasteiger partial charge in [0.2, 0.25) is 0 Å². The molecule has 1 heterocycles. The average molecular weight is 413 g/mol. The van der Waals surface area contributed by atoms with E-state index in [1.54, 1.807) is 12.1 Å². The highest BCUT2D eigenvalue weighted by molar-refractivity contribution is 6.11. The van der Waals surface area contributed by atoms with Gasteiger partial charge in [0.25, 0.3) is 11.6 Å². The summed E-state index contributed by atoms with van der Waals surface area (Å²) in [4.78, 5) is 49.4. The third-order valence-corrected chi connectivity index (χ3v) is 4.94. The fraction of sp³-hybridized carbons (Fsp3) is 0.250. The molecule has 10 nitrogen and oxygen atoms in total. The van der Waals surface area contributed by atoms with E-state index in [-0.39, 0.29) is 17.0 Å². The van der Waals surface area contributed by atoms with Gasteiger partial charge in [0, 0.05) is 12.1 Å². The van der Waals surface area contributed by atoms with E-state index in [1.807, 2.05) is 0 Å². The Bertz CT molecular complexity index is 1040. The van der Waals surface area contributed by atoms with E-state index in [9.17, 15) is 24.5 Å². The number of methoxy groups -OCH3 is 2. The van der Waals surface area contributed by atoms with E-state index < -0.39 is 34.7 Å². The highest BCUT2D eigenvalue weighted by atomic mass is 16.6. The molecule has 0 unspecified atom stereocenters. The van der Waals surface area contributed by atoms with Crippen molar-refractivity contribution in [2.24, 2.45) is 0 Å². The zero-order chi connectivity index (χ0) is 22.1. The van der Waals surface area contributed by atoms with Crippen molar-refractivity contribution in [2.45, 2.75) is 12.5 Å². The van der Waals surface area contributed by atoms with Gasteiger partial charge in [-0.25, -0.2) is 4.79 Å². The smallest absolute Gasteiger partial charge is 0.325 e. The summed E-state index contributed by atoms with van der Waals surface area (Å²) < 4.78 is 10.3. The van der Waals surface area contributed by atoms with Crippen LogP contribution >= 0.6 is 0 Å². The molecule has 1 fully saturated rings. The number of hydrogen-bond acceptors (Lipinski definition) is 7. The van der Waals surface area contributed by atoms with Crippen molar-refractivity contribution in [2.75, 3.05) is 20.8 Å². The maximum absolute atomic E-state index is 13.0. The van der Waals surface area contributed by atoms with Crippen LogP contribution in [0.1, 0.15) is 22.8 Å². The van der Waals surface area contributed by atoms with Crippen LogP contribution in [0.2, 0.25) is 0 Å². The van der Waals surface area contributed by atoms with Crippen LogP contribution in [-0.4, -0.2) is 48.3 Å².